The minimum absolute atomic E-state index is 0.124. The summed E-state index contributed by atoms with van der Waals surface area (Å²) in [6.45, 7) is 8.60. The number of nitrogens with zero attached hydrogens (tertiary/aromatic N) is 5. The molecule has 9 heteroatoms. The summed E-state index contributed by atoms with van der Waals surface area (Å²) in [4.78, 5) is 0.244. The van der Waals surface area contributed by atoms with Crippen molar-refractivity contribution in [1.29, 1.82) is 5.26 Å². The molecule has 27 heavy (non-hydrogen) atoms. The lowest BCUT2D eigenvalue weighted by atomic mass is 10.2. The zero-order chi connectivity index (χ0) is 20.0. The number of thioether (sulfide) groups is 1. The van der Waals surface area contributed by atoms with Gasteiger partial charge in [-0.15, -0.1) is 10.2 Å². The van der Waals surface area contributed by atoms with E-state index in [1.165, 1.54) is 16.1 Å². The van der Waals surface area contributed by atoms with E-state index >= 15 is 0 Å². The Hall–Kier alpha value is -1.89. The topological polar surface area (TPSA) is 91.9 Å². The predicted molar refractivity (Wildman–Crippen MR) is 107 cm³/mol. The molecule has 1 heterocycles. The fourth-order valence-electron chi connectivity index (χ4n) is 2.76. The summed E-state index contributed by atoms with van der Waals surface area (Å²) in [5, 5.41) is 18.0. The Kier molecular flexibility index (Phi) is 7.41. The molecule has 0 saturated heterocycles. The molecule has 0 aliphatic rings. The van der Waals surface area contributed by atoms with Gasteiger partial charge in [0.2, 0.25) is 10.0 Å². The van der Waals surface area contributed by atoms with Crippen LogP contribution in [0.1, 0.15) is 40.2 Å². The number of hydrogen-bond donors (Lipinski definition) is 0. The highest BCUT2D eigenvalue weighted by molar-refractivity contribution is 7.99. The summed E-state index contributed by atoms with van der Waals surface area (Å²) in [6, 6.07) is 9.04. The summed E-state index contributed by atoms with van der Waals surface area (Å²) in [7, 11) is -3.55. The van der Waals surface area contributed by atoms with E-state index in [-0.39, 0.29) is 16.7 Å². The Morgan fingerprint density at radius 1 is 1.26 bits per heavy atom. The van der Waals surface area contributed by atoms with Gasteiger partial charge in [0.25, 0.3) is 0 Å². The summed E-state index contributed by atoms with van der Waals surface area (Å²) >= 11 is 1.33. The van der Waals surface area contributed by atoms with Crippen molar-refractivity contribution < 1.29 is 8.42 Å². The van der Waals surface area contributed by atoms with Crippen molar-refractivity contribution in [3.8, 4) is 17.5 Å². The minimum atomic E-state index is -3.55. The normalized spacial score (nSPS) is 12.9. The van der Waals surface area contributed by atoms with Gasteiger partial charge in [0.05, 0.1) is 16.7 Å². The molecule has 0 aliphatic heterocycles. The Morgan fingerprint density at radius 2 is 1.96 bits per heavy atom. The molecule has 0 fully saturated rings. The smallest absolute Gasteiger partial charge is 0.243 e. The summed E-state index contributed by atoms with van der Waals surface area (Å²) in [5.74, 6) is 0.895. The SMILES string of the molecule is CCC(C)n1c(SCC#N)nnc1-c1cccc(S(=O)(=O)N(CC)CC)c1. The first kappa shape index (κ1) is 21.4. The summed E-state index contributed by atoms with van der Waals surface area (Å²) in [5.41, 5.74) is 0.694. The maximum absolute atomic E-state index is 12.8. The van der Waals surface area contributed by atoms with Crippen LogP contribution in [0.4, 0.5) is 0 Å². The number of benzene rings is 1. The van der Waals surface area contributed by atoms with Crippen LogP contribution in [0.3, 0.4) is 0 Å². The summed E-state index contributed by atoms with van der Waals surface area (Å²) < 4.78 is 29.1. The van der Waals surface area contributed by atoms with Gasteiger partial charge in [0.1, 0.15) is 0 Å². The standard InChI is InChI=1S/C18H25N5O2S2/c1-5-14(4)23-17(20-21-18(23)26-12-11-19)15-9-8-10-16(13-15)27(24,25)22(6-2)7-3/h8-10,13-14H,5-7,12H2,1-4H3. The zero-order valence-electron chi connectivity index (χ0n) is 16.1. The molecule has 0 amide bonds. The first-order valence-corrected chi connectivity index (χ1v) is 11.4. The number of rotatable bonds is 9. The quantitative estimate of drug-likeness (QED) is 0.590. The second-order valence-corrected chi connectivity index (χ2v) is 8.88. The zero-order valence-corrected chi connectivity index (χ0v) is 17.7. The number of nitriles is 1. The lowest BCUT2D eigenvalue weighted by molar-refractivity contribution is 0.445. The van der Waals surface area contributed by atoms with Gasteiger partial charge in [-0.2, -0.15) is 9.57 Å². The van der Waals surface area contributed by atoms with Gasteiger partial charge >= 0.3 is 0 Å². The maximum atomic E-state index is 12.8. The van der Waals surface area contributed by atoms with Gasteiger partial charge in [-0.05, 0) is 25.5 Å². The molecule has 2 aromatic rings. The fourth-order valence-corrected chi connectivity index (χ4v) is 4.96. The highest BCUT2D eigenvalue weighted by atomic mass is 32.2. The average Bonchev–Trinajstić information content (AvgIpc) is 3.10. The van der Waals surface area contributed by atoms with E-state index in [1.54, 1.807) is 18.2 Å². The maximum Gasteiger partial charge on any atom is 0.243 e. The van der Waals surface area contributed by atoms with Crippen LogP contribution in [0, 0.1) is 11.3 Å². The van der Waals surface area contributed by atoms with Crippen molar-refractivity contribution in [3.05, 3.63) is 24.3 Å². The third-order valence-corrected chi connectivity index (χ3v) is 7.25. The van der Waals surface area contributed by atoms with E-state index in [4.69, 9.17) is 5.26 Å². The monoisotopic (exact) mass is 407 g/mol. The van der Waals surface area contributed by atoms with E-state index in [2.05, 4.69) is 30.1 Å². The van der Waals surface area contributed by atoms with Crippen molar-refractivity contribution in [3.63, 3.8) is 0 Å². The number of hydrogen-bond acceptors (Lipinski definition) is 6. The molecule has 7 nitrogen and oxygen atoms in total. The predicted octanol–water partition coefficient (Wildman–Crippen LogP) is 3.56. The molecule has 0 saturated carbocycles. The van der Waals surface area contributed by atoms with E-state index < -0.39 is 10.0 Å². The third kappa shape index (κ3) is 4.51. The van der Waals surface area contributed by atoms with Gasteiger partial charge in [0, 0.05) is 24.7 Å². The van der Waals surface area contributed by atoms with Crippen molar-refractivity contribution in [1.82, 2.24) is 19.1 Å². The van der Waals surface area contributed by atoms with Gasteiger partial charge in [-0.25, -0.2) is 8.42 Å². The molecule has 1 unspecified atom stereocenters. The Morgan fingerprint density at radius 3 is 2.56 bits per heavy atom. The van der Waals surface area contributed by atoms with Gasteiger partial charge in [-0.3, -0.25) is 4.57 Å². The van der Waals surface area contributed by atoms with Gasteiger partial charge in [0.15, 0.2) is 11.0 Å². The van der Waals surface area contributed by atoms with Crippen molar-refractivity contribution >= 4 is 21.8 Å². The minimum Gasteiger partial charge on any atom is -0.299 e. The van der Waals surface area contributed by atoms with E-state index in [0.29, 0.717) is 29.6 Å². The van der Waals surface area contributed by atoms with Crippen LogP contribution in [0.25, 0.3) is 11.4 Å². The first-order valence-electron chi connectivity index (χ1n) is 8.95. The Bertz CT molecular complexity index is 914. The second-order valence-electron chi connectivity index (χ2n) is 6.00. The van der Waals surface area contributed by atoms with E-state index in [0.717, 1.165) is 6.42 Å². The largest absolute Gasteiger partial charge is 0.299 e. The highest BCUT2D eigenvalue weighted by Crippen LogP contribution is 2.30. The first-order chi connectivity index (χ1) is 12.9. The van der Waals surface area contributed by atoms with E-state index in [1.807, 2.05) is 24.5 Å². The molecule has 1 atom stereocenters. The second kappa shape index (κ2) is 9.35. The molecule has 0 bridgehead atoms. The molecule has 0 radical (unpaired) electrons. The number of sulfonamides is 1. The Balaban J connectivity index is 2.54. The molecule has 0 spiro atoms. The van der Waals surface area contributed by atoms with Gasteiger partial charge < -0.3 is 0 Å². The van der Waals surface area contributed by atoms with Crippen molar-refractivity contribution in [2.24, 2.45) is 0 Å². The van der Waals surface area contributed by atoms with Crippen LogP contribution in [-0.2, 0) is 10.0 Å². The molecule has 1 aromatic carbocycles. The van der Waals surface area contributed by atoms with Crippen LogP contribution < -0.4 is 0 Å². The third-order valence-electron chi connectivity index (χ3n) is 4.40. The summed E-state index contributed by atoms with van der Waals surface area (Å²) in [6.07, 6.45) is 0.864. The van der Waals surface area contributed by atoms with Crippen LogP contribution in [-0.4, -0.2) is 46.3 Å². The molecular weight excluding hydrogens is 382 g/mol. The molecule has 2 rings (SSSR count). The van der Waals surface area contributed by atoms with Crippen molar-refractivity contribution in [2.75, 3.05) is 18.8 Å². The fraction of sp³-hybridized carbons (Fsp3) is 0.500. The molecule has 0 N–H and O–H groups in total. The van der Waals surface area contributed by atoms with Crippen molar-refractivity contribution in [2.45, 2.75) is 50.2 Å². The van der Waals surface area contributed by atoms with Crippen LogP contribution in [0.15, 0.2) is 34.3 Å². The van der Waals surface area contributed by atoms with E-state index in [9.17, 15) is 8.42 Å². The molecule has 1 aromatic heterocycles. The van der Waals surface area contributed by atoms with Crippen LogP contribution in [0.5, 0.6) is 0 Å². The average molecular weight is 408 g/mol. The molecule has 0 aliphatic carbocycles. The van der Waals surface area contributed by atoms with Crippen LogP contribution >= 0.6 is 11.8 Å². The lowest BCUT2D eigenvalue weighted by Crippen LogP contribution is -2.30. The molecule has 146 valence electrons. The van der Waals surface area contributed by atoms with Gasteiger partial charge in [-0.1, -0.05) is 44.7 Å². The van der Waals surface area contributed by atoms with Crippen LogP contribution in [0.2, 0.25) is 0 Å². The molecular formula is C18H25N5O2S2. The number of aromatic nitrogens is 3. The highest BCUT2D eigenvalue weighted by Gasteiger charge is 2.24. The lowest BCUT2D eigenvalue weighted by Gasteiger charge is -2.19. The Labute approximate surface area is 165 Å².